The van der Waals surface area contributed by atoms with E-state index < -0.39 is 27.0 Å². The van der Waals surface area contributed by atoms with Crippen molar-refractivity contribution in [3.63, 3.8) is 0 Å². The molecule has 1 rings (SSSR count). The lowest BCUT2D eigenvalue weighted by Gasteiger charge is -2.11. The molecular weight excluding hydrogens is 208 g/mol. The molecule has 5 nitrogen and oxygen atoms in total. The van der Waals surface area contributed by atoms with Crippen molar-refractivity contribution in [2.75, 3.05) is 19.0 Å². The van der Waals surface area contributed by atoms with Gasteiger partial charge in [-0.3, -0.25) is 4.79 Å². The molecule has 82 valence electrons. The molecule has 0 aromatic carbocycles. The highest BCUT2D eigenvalue weighted by Crippen LogP contribution is 2.16. The first-order valence-electron chi connectivity index (χ1n) is 4.45. The number of aliphatic carboxylic acids is 1. The van der Waals surface area contributed by atoms with Gasteiger partial charge in [-0.2, -0.15) is 0 Å². The molecule has 0 aromatic rings. The number of rotatable bonds is 4. The van der Waals surface area contributed by atoms with Gasteiger partial charge in [-0.1, -0.05) is 6.92 Å². The fraction of sp³-hybridized carbons (Fsp3) is 0.875. The Bertz CT molecular complexity index is 302. The molecule has 0 aliphatic carbocycles. The van der Waals surface area contributed by atoms with Crippen molar-refractivity contribution in [2.45, 2.75) is 18.6 Å². The molecule has 1 fully saturated rings. The van der Waals surface area contributed by atoms with Crippen LogP contribution < -0.4 is 0 Å². The van der Waals surface area contributed by atoms with Gasteiger partial charge in [-0.25, -0.2) is 8.42 Å². The quantitative estimate of drug-likeness (QED) is 0.719. The lowest BCUT2D eigenvalue weighted by Crippen LogP contribution is -2.30. The van der Waals surface area contributed by atoms with Crippen LogP contribution in [0.25, 0.3) is 0 Å². The van der Waals surface area contributed by atoms with E-state index in [4.69, 9.17) is 9.84 Å². The maximum Gasteiger partial charge on any atom is 0.307 e. The predicted octanol–water partition coefficient (Wildman–Crippen LogP) is -0.0892. The summed E-state index contributed by atoms with van der Waals surface area (Å²) in [6, 6.07) is 0. The summed E-state index contributed by atoms with van der Waals surface area (Å²) in [5, 5.41) is 8.08. The molecule has 2 atom stereocenters. The van der Waals surface area contributed by atoms with Crippen molar-refractivity contribution in [3.05, 3.63) is 0 Å². The van der Waals surface area contributed by atoms with Gasteiger partial charge in [-0.15, -0.1) is 0 Å². The predicted molar refractivity (Wildman–Crippen MR) is 49.8 cm³/mol. The third kappa shape index (κ3) is 2.68. The van der Waals surface area contributed by atoms with Crippen molar-refractivity contribution in [2.24, 2.45) is 5.92 Å². The molecule has 1 heterocycles. The summed E-state index contributed by atoms with van der Waals surface area (Å²) in [6.07, 6.45) is 0.481. The number of carboxylic acid groups (broad SMARTS) is 1. The Hall–Kier alpha value is -0.620. The number of carboxylic acids is 1. The zero-order chi connectivity index (χ0) is 10.8. The molecule has 0 amide bonds. The number of sulfone groups is 1. The Kier molecular flexibility index (Phi) is 3.49. The minimum atomic E-state index is -3.31. The summed E-state index contributed by atoms with van der Waals surface area (Å²) in [6.45, 7) is 2.05. The van der Waals surface area contributed by atoms with E-state index in [-0.39, 0.29) is 12.4 Å². The molecule has 0 aromatic heterocycles. The van der Waals surface area contributed by atoms with Crippen LogP contribution >= 0.6 is 0 Å². The Morgan fingerprint density at radius 3 is 2.71 bits per heavy atom. The summed E-state index contributed by atoms with van der Waals surface area (Å²) in [4.78, 5) is 10.5. The van der Waals surface area contributed by atoms with Crippen molar-refractivity contribution in [3.8, 4) is 0 Å². The fourth-order valence-electron chi connectivity index (χ4n) is 1.35. The Balaban J connectivity index is 2.61. The van der Waals surface area contributed by atoms with E-state index >= 15 is 0 Å². The number of hydrogen-bond donors (Lipinski definition) is 1. The van der Waals surface area contributed by atoms with Crippen LogP contribution in [0.3, 0.4) is 0 Å². The molecule has 1 aliphatic heterocycles. The molecule has 1 saturated heterocycles. The third-order valence-corrected chi connectivity index (χ3v) is 4.65. The van der Waals surface area contributed by atoms with E-state index in [1.807, 2.05) is 0 Å². The van der Waals surface area contributed by atoms with Gasteiger partial charge >= 0.3 is 5.97 Å². The lowest BCUT2D eigenvalue weighted by molar-refractivity contribution is -0.140. The molecule has 1 aliphatic rings. The molecular formula is C8H14O5S. The van der Waals surface area contributed by atoms with Gasteiger partial charge in [0.2, 0.25) is 0 Å². The van der Waals surface area contributed by atoms with Gasteiger partial charge in [-0.05, 0) is 6.42 Å². The van der Waals surface area contributed by atoms with Crippen LogP contribution in [-0.4, -0.2) is 43.7 Å². The first kappa shape index (κ1) is 11.5. The molecule has 14 heavy (non-hydrogen) atoms. The van der Waals surface area contributed by atoms with Crippen molar-refractivity contribution in [1.29, 1.82) is 0 Å². The largest absolute Gasteiger partial charge is 0.481 e. The highest BCUT2D eigenvalue weighted by Gasteiger charge is 2.32. The van der Waals surface area contributed by atoms with Crippen LogP contribution in [-0.2, 0) is 19.4 Å². The van der Waals surface area contributed by atoms with Crippen LogP contribution in [0.4, 0.5) is 0 Å². The zero-order valence-electron chi connectivity index (χ0n) is 7.97. The van der Waals surface area contributed by atoms with Gasteiger partial charge in [0.25, 0.3) is 0 Å². The van der Waals surface area contributed by atoms with Crippen LogP contribution in [0.5, 0.6) is 0 Å². The van der Waals surface area contributed by atoms with Gasteiger partial charge in [0, 0.05) is 6.61 Å². The van der Waals surface area contributed by atoms with E-state index in [1.54, 1.807) is 0 Å². The van der Waals surface area contributed by atoms with Crippen molar-refractivity contribution >= 4 is 15.8 Å². The maximum atomic E-state index is 11.6. The topological polar surface area (TPSA) is 80.7 Å². The molecule has 0 radical (unpaired) electrons. The van der Waals surface area contributed by atoms with Crippen LogP contribution in [0.15, 0.2) is 0 Å². The van der Waals surface area contributed by atoms with E-state index in [9.17, 15) is 13.2 Å². The van der Waals surface area contributed by atoms with E-state index in [0.29, 0.717) is 13.0 Å². The molecule has 6 heteroatoms. The van der Waals surface area contributed by atoms with Gasteiger partial charge < -0.3 is 9.84 Å². The smallest absolute Gasteiger partial charge is 0.307 e. The Morgan fingerprint density at radius 1 is 1.64 bits per heavy atom. The second-order valence-corrected chi connectivity index (χ2v) is 5.88. The SMILES string of the molecule is CC(CS(=O)(=O)C1CCOC1)C(=O)O. The first-order chi connectivity index (χ1) is 6.43. The molecule has 1 N–H and O–H groups in total. The summed E-state index contributed by atoms with van der Waals surface area (Å²) in [7, 11) is -3.31. The van der Waals surface area contributed by atoms with Crippen molar-refractivity contribution in [1.82, 2.24) is 0 Å². The van der Waals surface area contributed by atoms with Gasteiger partial charge in [0.05, 0.1) is 23.5 Å². The van der Waals surface area contributed by atoms with E-state index in [1.165, 1.54) is 6.92 Å². The first-order valence-corrected chi connectivity index (χ1v) is 6.17. The number of hydrogen-bond acceptors (Lipinski definition) is 4. The maximum absolute atomic E-state index is 11.6. The fourth-order valence-corrected chi connectivity index (χ4v) is 3.22. The minimum Gasteiger partial charge on any atom is -0.481 e. The summed E-state index contributed by atoms with van der Waals surface area (Å²) in [5.41, 5.74) is 0. The second kappa shape index (κ2) is 4.27. The monoisotopic (exact) mass is 222 g/mol. The van der Waals surface area contributed by atoms with Crippen LogP contribution in [0, 0.1) is 5.92 Å². The lowest BCUT2D eigenvalue weighted by atomic mass is 10.2. The molecule has 2 unspecified atom stereocenters. The van der Waals surface area contributed by atoms with Gasteiger partial charge in [0.15, 0.2) is 9.84 Å². The number of ether oxygens (including phenoxy) is 1. The normalized spacial score (nSPS) is 24.8. The molecule has 0 spiro atoms. The standard InChI is InChI=1S/C8H14O5S/c1-6(8(9)10)5-14(11,12)7-2-3-13-4-7/h6-7H,2-5H2,1H3,(H,9,10). The summed E-state index contributed by atoms with van der Waals surface area (Å²) >= 11 is 0. The van der Waals surface area contributed by atoms with Crippen molar-refractivity contribution < 1.29 is 23.1 Å². The van der Waals surface area contributed by atoms with Crippen LogP contribution in [0.1, 0.15) is 13.3 Å². The highest BCUT2D eigenvalue weighted by molar-refractivity contribution is 7.92. The van der Waals surface area contributed by atoms with E-state index in [0.717, 1.165) is 0 Å². The summed E-state index contributed by atoms with van der Waals surface area (Å²) in [5.74, 6) is -2.22. The van der Waals surface area contributed by atoms with Crippen LogP contribution in [0.2, 0.25) is 0 Å². The highest BCUT2D eigenvalue weighted by atomic mass is 32.2. The molecule has 0 bridgehead atoms. The average Bonchev–Trinajstić information content (AvgIpc) is 2.54. The summed E-state index contributed by atoms with van der Waals surface area (Å²) < 4.78 is 28.2. The van der Waals surface area contributed by atoms with E-state index in [2.05, 4.69) is 0 Å². The van der Waals surface area contributed by atoms with Gasteiger partial charge in [0.1, 0.15) is 0 Å². The zero-order valence-corrected chi connectivity index (χ0v) is 8.79. The minimum absolute atomic E-state index is 0.203. The second-order valence-electron chi connectivity index (χ2n) is 3.55. The third-order valence-electron chi connectivity index (χ3n) is 2.30. The Morgan fingerprint density at radius 2 is 2.29 bits per heavy atom. The average molecular weight is 222 g/mol. The Labute approximate surface area is 83.0 Å². The molecule has 0 saturated carbocycles. The number of carbonyl (C=O) groups is 1.